The van der Waals surface area contributed by atoms with E-state index in [1.165, 1.54) is 12.3 Å². The molecule has 0 amide bonds. The molecule has 0 saturated heterocycles. The first-order chi connectivity index (χ1) is 9.92. The summed E-state index contributed by atoms with van der Waals surface area (Å²) in [6.45, 7) is 3.60. The molecular formula is C13H15N3O4S. The maximum atomic E-state index is 12.1. The maximum absolute atomic E-state index is 12.1. The molecule has 1 heterocycles. The van der Waals surface area contributed by atoms with Crippen LogP contribution >= 0.6 is 0 Å². The largest absolute Gasteiger partial charge is 0.462 e. The van der Waals surface area contributed by atoms with Crippen LogP contribution in [0.25, 0.3) is 0 Å². The predicted octanol–water partition coefficient (Wildman–Crippen LogP) is 1.70. The number of aryl methyl sites for hydroxylation is 1. The Bertz CT molecular complexity index is 752. The van der Waals surface area contributed by atoms with Gasteiger partial charge in [0.15, 0.2) is 5.03 Å². The van der Waals surface area contributed by atoms with Crippen LogP contribution in [0.2, 0.25) is 0 Å². The number of rotatable bonds is 5. The molecule has 7 nitrogen and oxygen atoms in total. The third-order valence-electron chi connectivity index (χ3n) is 2.59. The maximum Gasteiger partial charge on any atom is 0.338 e. The molecule has 2 aromatic rings. The summed E-state index contributed by atoms with van der Waals surface area (Å²) in [7, 11) is -3.77. The Morgan fingerprint density at radius 1 is 1.43 bits per heavy atom. The zero-order chi connectivity index (χ0) is 15.5. The number of carbonyl (C=O) groups excluding carboxylic acids is 1. The fourth-order valence-corrected chi connectivity index (χ4v) is 2.69. The van der Waals surface area contributed by atoms with Gasteiger partial charge in [-0.15, -0.1) is 0 Å². The monoisotopic (exact) mass is 309 g/mol. The van der Waals surface area contributed by atoms with E-state index in [0.29, 0.717) is 5.82 Å². The van der Waals surface area contributed by atoms with E-state index in [2.05, 4.69) is 14.7 Å². The summed E-state index contributed by atoms with van der Waals surface area (Å²) in [6.07, 6.45) is 1.23. The third kappa shape index (κ3) is 3.60. The minimum absolute atomic E-state index is 0.0402. The second kappa shape index (κ2) is 5.96. The molecule has 8 heteroatoms. The number of hydrogen-bond acceptors (Lipinski definition) is 5. The molecule has 1 aromatic carbocycles. The molecule has 0 radical (unpaired) electrons. The predicted molar refractivity (Wildman–Crippen MR) is 76.5 cm³/mol. The van der Waals surface area contributed by atoms with Gasteiger partial charge in [-0.2, -0.15) is 8.42 Å². The Morgan fingerprint density at radius 2 is 2.19 bits per heavy atom. The molecule has 0 aliphatic rings. The molecule has 0 atom stereocenters. The van der Waals surface area contributed by atoms with Gasteiger partial charge < -0.3 is 9.72 Å². The molecule has 0 fully saturated rings. The molecule has 21 heavy (non-hydrogen) atoms. The van der Waals surface area contributed by atoms with Crippen molar-refractivity contribution in [3.05, 3.63) is 41.9 Å². The Kier molecular flexibility index (Phi) is 4.27. The Labute approximate surface area is 122 Å². The van der Waals surface area contributed by atoms with E-state index in [9.17, 15) is 13.2 Å². The number of benzene rings is 1. The molecule has 0 saturated carbocycles. The van der Waals surface area contributed by atoms with E-state index >= 15 is 0 Å². The topological polar surface area (TPSA) is 101 Å². The third-order valence-corrected chi connectivity index (χ3v) is 3.89. The minimum Gasteiger partial charge on any atom is -0.462 e. The highest BCUT2D eigenvalue weighted by Gasteiger charge is 2.17. The summed E-state index contributed by atoms with van der Waals surface area (Å²) < 4.78 is 31.5. The number of ether oxygens (including phenoxy) is 1. The van der Waals surface area contributed by atoms with E-state index in [1.54, 1.807) is 32.0 Å². The molecule has 0 aliphatic heterocycles. The molecule has 0 bridgehead atoms. The summed E-state index contributed by atoms with van der Waals surface area (Å²) in [4.78, 5) is 18.1. The average Bonchev–Trinajstić information content (AvgIpc) is 2.86. The van der Waals surface area contributed by atoms with Crippen molar-refractivity contribution in [2.45, 2.75) is 18.9 Å². The molecule has 1 aromatic heterocycles. The van der Waals surface area contributed by atoms with Gasteiger partial charge >= 0.3 is 5.97 Å². The van der Waals surface area contributed by atoms with Crippen LogP contribution in [-0.2, 0) is 14.8 Å². The standard InChI is InChI=1S/C13H15N3O4S/c1-3-20-13(17)10-5-4-6-11(7-10)16-21(18,19)12-8-14-9(2)15-12/h4-8,16H,3H2,1-2H3,(H,14,15). The minimum atomic E-state index is -3.77. The Morgan fingerprint density at radius 3 is 2.81 bits per heavy atom. The van der Waals surface area contributed by atoms with Crippen LogP contribution in [0.5, 0.6) is 0 Å². The molecule has 0 spiro atoms. The van der Waals surface area contributed by atoms with Crippen molar-refractivity contribution < 1.29 is 17.9 Å². The van der Waals surface area contributed by atoms with Crippen LogP contribution in [0.15, 0.2) is 35.5 Å². The van der Waals surface area contributed by atoms with Crippen LogP contribution in [-0.4, -0.2) is 31.0 Å². The number of esters is 1. The first-order valence-corrected chi connectivity index (χ1v) is 7.72. The smallest absolute Gasteiger partial charge is 0.338 e. The quantitative estimate of drug-likeness (QED) is 0.819. The van der Waals surface area contributed by atoms with Gasteiger partial charge in [0.2, 0.25) is 0 Å². The molecular weight excluding hydrogens is 294 g/mol. The lowest BCUT2D eigenvalue weighted by Crippen LogP contribution is -2.14. The van der Waals surface area contributed by atoms with Crippen molar-refractivity contribution in [2.24, 2.45) is 0 Å². The van der Waals surface area contributed by atoms with E-state index in [0.717, 1.165) is 0 Å². The Balaban J connectivity index is 2.24. The molecule has 0 unspecified atom stereocenters. The van der Waals surface area contributed by atoms with Crippen LogP contribution in [0.1, 0.15) is 23.1 Å². The van der Waals surface area contributed by atoms with Crippen molar-refractivity contribution in [1.82, 2.24) is 9.97 Å². The van der Waals surface area contributed by atoms with Gasteiger partial charge in [-0.05, 0) is 32.0 Å². The number of H-pyrrole nitrogens is 1. The lowest BCUT2D eigenvalue weighted by molar-refractivity contribution is 0.0526. The highest BCUT2D eigenvalue weighted by molar-refractivity contribution is 7.92. The van der Waals surface area contributed by atoms with Gasteiger partial charge in [-0.25, -0.2) is 9.78 Å². The number of imidazole rings is 1. The fraction of sp³-hybridized carbons (Fsp3) is 0.231. The SMILES string of the molecule is CCOC(=O)c1cccc(NS(=O)(=O)c2cnc(C)[nH]2)c1. The van der Waals surface area contributed by atoms with Crippen molar-refractivity contribution in [3.8, 4) is 0 Å². The number of carbonyl (C=O) groups is 1. The fourth-order valence-electron chi connectivity index (χ4n) is 1.67. The zero-order valence-corrected chi connectivity index (χ0v) is 12.4. The molecule has 112 valence electrons. The zero-order valence-electron chi connectivity index (χ0n) is 11.6. The molecule has 2 rings (SSSR count). The van der Waals surface area contributed by atoms with Crippen LogP contribution in [0.3, 0.4) is 0 Å². The van der Waals surface area contributed by atoms with E-state index in [1.807, 2.05) is 0 Å². The number of hydrogen-bond donors (Lipinski definition) is 2. The van der Waals surface area contributed by atoms with Crippen molar-refractivity contribution in [2.75, 3.05) is 11.3 Å². The number of nitrogens with zero attached hydrogens (tertiary/aromatic N) is 1. The second-order valence-electron chi connectivity index (χ2n) is 4.24. The summed E-state index contributed by atoms with van der Waals surface area (Å²) in [5, 5.41) is -0.0402. The normalized spacial score (nSPS) is 11.1. The number of nitrogens with one attached hydrogen (secondary N) is 2. The second-order valence-corrected chi connectivity index (χ2v) is 5.89. The van der Waals surface area contributed by atoms with Gasteiger partial charge in [-0.1, -0.05) is 6.07 Å². The summed E-state index contributed by atoms with van der Waals surface area (Å²) >= 11 is 0. The number of anilines is 1. The number of sulfonamides is 1. The van der Waals surface area contributed by atoms with Crippen LogP contribution in [0, 0.1) is 6.92 Å². The Hall–Kier alpha value is -2.35. The van der Waals surface area contributed by atoms with E-state index in [-0.39, 0.29) is 22.9 Å². The number of aromatic amines is 1. The first kappa shape index (κ1) is 15.0. The highest BCUT2D eigenvalue weighted by Crippen LogP contribution is 2.16. The van der Waals surface area contributed by atoms with Crippen molar-refractivity contribution in [1.29, 1.82) is 0 Å². The van der Waals surface area contributed by atoms with Crippen molar-refractivity contribution in [3.63, 3.8) is 0 Å². The molecule has 2 N–H and O–H groups in total. The van der Waals surface area contributed by atoms with Gasteiger partial charge in [0.05, 0.1) is 18.4 Å². The lowest BCUT2D eigenvalue weighted by atomic mass is 10.2. The van der Waals surface area contributed by atoms with Gasteiger partial charge in [0.25, 0.3) is 10.0 Å². The molecule has 0 aliphatic carbocycles. The summed E-state index contributed by atoms with van der Waals surface area (Å²) in [5.41, 5.74) is 0.547. The first-order valence-electron chi connectivity index (χ1n) is 6.24. The van der Waals surface area contributed by atoms with E-state index in [4.69, 9.17) is 4.74 Å². The van der Waals surface area contributed by atoms with E-state index < -0.39 is 16.0 Å². The van der Waals surface area contributed by atoms with Crippen molar-refractivity contribution >= 4 is 21.7 Å². The lowest BCUT2D eigenvalue weighted by Gasteiger charge is -2.08. The highest BCUT2D eigenvalue weighted by atomic mass is 32.2. The van der Waals surface area contributed by atoms with Gasteiger partial charge in [0.1, 0.15) is 5.82 Å². The average molecular weight is 309 g/mol. The van der Waals surface area contributed by atoms with Crippen LogP contribution in [0.4, 0.5) is 5.69 Å². The van der Waals surface area contributed by atoms with Gasteiger partial charge in [-0.3, -0.25) is 4.72 Å². The van der Waals surface area contributed by atoms with Gasteiger partial charge in [0, 0.05) is 5.69 Å². The summed E-state index contributed by atoms with van der Waals surface area (Å²) in [6, 6.07) is 6.08. The summed E-state index contributed by atoms with van der Waals surface area (Å²) in [5.74, 6) is -0.00779. The number of aromatic nitrogens is 2. The van der Waals surface area contributed by atoms with Crippen LogP contribution < -0.4 is 4.72 Å².